The minimum atomic E-state index is -4.80. The molecule has 1 aromatic heterocycles. The van der Waals surface area contributed by atoms with Crippen LogP contribution in [0.2, 0.25) is 0 Å². The summed E-state index contributed by atoms with van der Waals surface area (Å²) in [6, 6.07) is 11.1. The molecule has 0 amide bonds. The Bertz CT molecular complexity index is 1010. The lowest BCUT2D eigenvalue weighted by molar-refractivity contribution is -0.274. The molecule has 0 saturated carbocycles. The molecule has 3 rings (SSSR count). The van der Waals surface area contributed by atoms with Gasteiger partial charge in [-0.3, -0.25) is 4.79 Å². The van der Waals surface area contributed by atoms with E-state index < -0.39 is 6.36 Å². The number of ether oxygens (including phenoxy) is 1. The van der Waals surface area contributed by atoms with Crippen molar-refractivity contribution < 1.29 is 22.7 Å². The highest BCUT2D eigenvalue weighted by atomic mass is 19.4. The lowest BCUT2D eigenvalue weighted by Gasteiger charge is -2.09. The van der Waals surface area contributed by atoms with Crippen LogP contribution in [0.15, 0.2) is 55.1 Å². The number of hydrogen-bond acceptors (Lipinski definition) is 2. The highest BCUT2D eigenvalue weighted by Crippen LogP contribution is 2.33. The SMILES string of the molecule is C=CCn1c(C)c(C(=O)c2ccc(C)cc2)c2cc(OC(F)(F)F)ccc21. The number of alkyl halides is 3. The van der Waals surface area contributed by atoms with E-state index in [2.05, 4.69) is 11.3 Å². The van der Waals surface area contributed by atoms with Crippen LogP contribution in [0.5, 0.6) is 5.75 Å². The maximum atomic E-state index is 13.1. The molecular weight excluding hydrogens is 355 g/mol. The first-order chi connectivity index (χ1) is 12.7. The molecule has 0 aliphatic carbocycles. The van der Waals surface area contributed by atoms with Gasteiger partial charge in [0, 0.05) is 28.7 Å². The minimum absolute atomic E-state index is 0.246. The summed E-state index contributed by atoms with van der Waals surface area (Å²) in [5.74, 6) is -0.604. The Morgan fingerprint density at radius 2 is 1.81 bits per heavy atom. The van der Waals surface area contributed by atoms with E-state index in [9.17, 15) is 18.0 Å². The largest absolute Gasteiger partial charge is 0.573 e. The van der Waals surface area contributed by atoms with E-state index in [0.717, 1.165) is 5.56 Å². The number of carbonyl (C=O) groups excluding carboxylic acids is 1. The van der Waals surface area contributed by atoms with Crippen molar-refractivity contribution in [3.8, 4) is 5.75 Å². The van der Waals surface area contributed by atoms with Crippen molar-refractivity contribution in [2.24, 2.45) is 0 Å². The fourth-order valence-electron chi connectivity index (χ4n) is 3.16. The fraction of sp³-hybridized carbons (Fsp3) is 0.190. The third kappa shape index (κ3) is 3.74. The van der Waals surface area contributed by atoms with Crippen LogP contribution in [0.4, 0.5) is 13.2 Å². The summed E-state index contributed by atoms with van der Waals surface area (Å²) in [4.78, 5) is 13.1. The van der Waals surface area contributed by atoms with Crippen molar-refractivity contribution in [1.82, 2.24) is 4.57 Å². The Hall–Kier alpha value is -3.02. The molecule has 0 N–H and O–H groups in total. The summed E-state index contributed by atoms with van der Waals surface area (Å²) >= 11 is 0. The normalized spacial score (nSPS) is 11.6. The molecule has 6 heteroatoms. The first kappa shape index (κ1) is 18.8. The number of hydrogen-bond donors (Lipinski definition) is 0. The van der Waals surface area contributed by atoms with Crippen molar-refractivity contribution in [3.05, 3.63) is 77.5 Å². The molecule has 27 heavy (non-hydrogen) atoms. The van der Waals surface area contributed by atoms with Gasteiger partial charge in [-0.05, 0) is 32.0 Å². The topological polar surface area (TPSA) is 31.2 Å². The van der Waals surface area contributed by atoms with E-state index in [1.165, 1.54) is 18.2 Å². The maximum absolute atomic E-state index is 13.1. The van der Waals surface area contributed by atoms with E-state index in [0.29, 0.717) is 34.3 Å². The molecule has 0 aliphatic heterocycles. The zero-order chi connectivity index (χ0) is 19.8. The fourth-order valence-corrected chi connectivity index (χ4v) is 3.16. The highest BCUT2D eigenvalue weighted by molar-refractivity contribution is 6.17. The van der Waals surface area contributed by atoms with E-state index >= 15 is 0 Å². The summed E-state index contributed by atoms with van der Waals surface area (Å²) in [6.45, 7) is 7.83. The summed E-state index contributed by atoms with van der Waals surface area (Å²) in [5.41, 5.74) is 3.17. The Morgan fingerprint density at radius 1 is 1.15 bits per heavy atom. The van der Waals surface area contributed by atoms with Gasteiger partial charge in [0.15, 0.2) is 5.78 Å². The summed E-state index contributed by atoms with van der Waals surface area (Å²) in [7, 11) is 0. The summed E-state index contributed by atoms with van der Waals surface area (Å²) in [6.07, 6.45) is -3.12. The van der Waals surface area contributed by atoms with Gasteiger partial charge in [-0.1, -0.05) is 35.9 Å². The molecule has 0 saturated heterocycles. The number of allylic oxidation sites excluding steroid dienone is 1. The third-order valence-electron chi connectivity index (χ3n) is 4.38. The smallest absolute Gasteiger partial charge is 0.406 e. The van der Waals surface area contributed by atoms with Crippen LogP contribution < -0.4 is 4.74 Å². The zero-order valence-corrected chi connectivity index (χ0v) is 14.9. The van der Waals surface area contributed by atoms with Crippen LogP contribution in [0.25, 0.3) is 10.9 Å². The molecule has 0 bridgehead atoms. The van der Waals surface area contributed by atoms with Crippen LogP contribution in [-0.2, 0) is 6.54 Å². The molecule has 0 aliphatic rings. The van der Waals surface area contributed by atoms with E-state index in [1.54, 1.807) is 25.1 Å². The molecule has 0 fully saturated rings. The predicted octanol–water partition coefficient (Wildman–Crippen LogP) is 5.57. The van der Waals surface area contributed by atoms with Crippen LogP contribution >= 0.6 is 0 Å². The summed E-state index contributed by atoms with van der Waals surface area (Å²) in [5, 5.41) is 0.418. The molecule has 0 atom stereocenters. The lowest BCUT2D eigenvalue weighted by Crippen LogP contribution is -2.17. The number of halogens is 3. The Morgan fingerprint density at radius 3 is 2.41 bits per heavy atom. The van der Waals surface area contributed by atoms with Crippen molar-refractivity contribution in [3.63, 3.8) is 0 Å². The van der Waals surface area contributed by atoms with Gasteiger partial charge in [0.1, 0.15) is 5.75 Å². The first-order valence-electron chi connectivity index (χ1n) is 8.32. The number of carbonyl (C=O) groups is 1. The van der Waals surface area contributed by atoms with E-state index in [-0.39, 0.29) is 11.5 Å². The van der Waals surface area contributed by atoms with Crippen LogP contribution in [-0.4, -0.2) is 16.7 Å². The second-order valence-corrected chi connectivity index (χ2v) is 6.28. The van der Waals surface area contributed by atoms with E-state index in [4.69, 9.17) is 0 Å². The molecule has 140 valence electrons. The molecule has 0 radical (unpaired) electrons. The molecule has 0 unspecified atom stereocenters. The maximum Gasteiger partial charge on any atom is 0.573 e. The molecular formula is C21H18F3NO2. The second-order valence-electron chi connectivity index (χ2n) is 6.28. The standard InChI is InChI=1S/C21H18F3NO2/c1-4-11-25-14(3)19(20(26)15-7-5-13(2)6-8-15)17-12-16(9-10-18(17)25)27-21(22,23)24/h4-10,12H,1,11H2,2-3H3. The van der Waals surface area contributed by atoms with Gasteiger partial charge in [0.25, 0.3) is 0 Å². The summed E-state index contributed by atoms with van der Waals surface area (Å²) < 4.78 is 43.7. The Kier molecular flexibility index (Phi) is 4.83. The van der Waals surface area contributed by atoms with Crippen molar-refractivity contribution >= 4 is 16.7 Å². The van der Waals surface area contributed by atoms with Gasteiger partial charge in [-0.2, -0.15) is 0 Å². The van der Waals surface area contributed by atoms with Gasteiger partial charge in [0.05, 0.1) is 5.56 Å². The van der Waals surface area contributed by atoms with E-state index in [1.807, 2.05) is 23.6 Å². The quantitative estimate of drug-likeness (QED) is 0.432. The Balaban J connectivity index is 2.20. The molecule has 3 nitrogen and oxygen atoms in total. The predicted molar refractivity (Wildman–Crippen MR) is 98.2 cm³/mol. The third-order valence-corrected chi connectivity index (χ3v) is 4.38. The van der Waals surface area contributed by atoms with Gasteiger partial charge >= 0.3 is 6.36 Å². The van der Waals surface area contributed by atoms with Crippen molar-refractivity contribution in [2.75, 3.05) is 0 Å². The van der Waals surface area contributed by atoms with Crippen LogP contribution in [0.3, 0.4) is 0 Å². The number of ketones is 1. The van der Waals surface area contributed by atoms with Crippen molar-refractivity contribution in [2.45, 2.75) is 26.8 Å². The van der Waals surface area contributed by atoms with Gasteiger partial charge < -0.3 is 9.30 Å². The van der Waals surface area contributed by atoms with Gasteiger partial charge in [-0.15, -0.1) is 19.8 Å². The second kappa shape index (κ2) is 6.95. The molecule has 0 spiro atoms. The molecule has 1 heterocycles. The monoisotopic (exact) mass is 373 g/mol. The average molecular weight is 373 g/mol. The molecule has 2 aromatic carbocycles. The minimum Gasteiger partial charge on any atom is -0.406 e. The number of fused-ring (bicyclic) bond motifs is 1. The molecule has 3 aromatic rings. The number of rotatable bonds is 5. The number of benzene rings is 2. The van der Waals surface area contributed by atoms with Crippen molar-refractivity contribution in [1.29, 1.82) is 0 Å². The lowest BCUT2D eigenvalue weighted by atomic mass is 9.99. The number of aryl methyl sites for hydroxylation is 1. The zero-order valence-electron chi connectivity index (χ0n) is 14.9. The first-order valence-corrected chi connectivity index (χ1v) is 8.32. The van der Waals surface area contributed by atoms with Gasteiger partial charge in [0.2, 0.25) is 0 Å². The van der Waals surface area contributed by atoms with Crippen LogP contribution in [0.1, 0.15) is 27.2 Å². The average Bonchev–Trinajstić information content (AvgIpc) is 2.85. The Labute approximate surface area is 154 Å². The highest BCUT2D eigenvalue weighted by Gasteiger charge is 2.31. The van der Waals surface area contributed by atoms with Crippen LogP contribution in [0, 0.1) is 13.8 Å². The number of aromatic nitrogens is 1. The van der Waals surface area contributed by atoms with Gasteiger partial charge in [-0.25, -0.2) is 0 Å². The number of nitrogens with zero attached hydrogens (tertiary/aromatic N) is 1.